The molecular formula is C16H21N3O5. The molecule has 2 rings (SSSR count). The smallest absolute Gasteiger partial charge is 0.274 e. The normalized spacial score (nSPS) is 11.8. The van der Waals surface area contributed by atoms with Crippen LogP contribution in [-0.4, -0.2) is 64.6 Å². The molecule has 24 heavy (non-hydrogen) atoms. The van der Waals surface area contributed by atoms with Crippen LogP contribution < -0.4 is 9.47 Å². The van der Waals surface area contributed by atoms with Gasteiger partial charge in [0.1, 0.15) is 18.1 Å². The predicted molar refractivity (Wildman–Crippen MR) is 86.0 cm³/mol. The minimum Gasteiger partial charge on any atom is -0.497 e. The van der Waals surface area contributed by atoms with Crippen LogP contribution in [0.1, 0.15) is 16.2 Å². The van der Waals surface area contributed by atoms with Gasteiger partial charge in [0, 0.05) is 19.7 Å². The van der Waals surface area contributed by atoms with E-state index in [-0.39, 0.29) is 24.8 Å². The van der Waals surface area contributed by atoms with Gasteiger partial charge in [-0.2, -0.15) is 5.10 Å². The SMILES string of the molecule is COc1cccc(OCc2cc(C(=O)N(C)C[C@H](O)CO)n[nH]2)c1. The average molecular weight is 335 g/mol. The summed E-state index contributed by atoms with van der Waals surface area (Å²) in [6.07, 6.45) is -0.978. The van der Waals surface area contributed by atoms with Gasteiger partial charge in [0.25, 0.3) is 5.91 Å². The van der Waals surface area contributed by atoms with Crippen molar-refractivity contribution < 1.29 is 24.5 Å². The Bertz CT molecular complexity index is 673. The summed E-state index contributed by atoms with van der Waals surface area (Å²) in [6.45, 7) is -0.161. The molecule has 1 aromatic carbocycles. The van der Waals surface area contributed by atoms with Gasteiger partial charge in [-0.05, 0) is 18.2 Å². The average Bonchev–Trinajstić information content (AvgIpc) is 3.08. The molecule has 1 amide bonds. The van der Waals surface area contributed by atoms with Crippen molar-refractivity contribution in [3.05, 3.63) is 41.7 Å². The zero-order valence-corrected chi connectivity index (χ0v) is 13.6. The molecule has 0 radical (unpaired) electrons. The first kappa shape index (κ1) is 17.8. The standard InChI is InChI=1S/C16H21N3O5/c1-19(8-12(21)9-20)16(22)15-6-11(17-18-15)10-24-14-5-3-4-13(7-14)23-2/h3-7,12,20-21H,8-10H2,1-2H3,(H,17,18)/t12-/m0/s1. The fourth-order valence-electron chi connectivity index (χ4n) is 2.05. The molecule has 1 aromatic heterocycles. The van der Waals surface area contributed by atoms with Crippen molar-refractivity contribution in [2.24, 2.45) is 0 Å². The van der Waals surface area contributed by atoms with Gasteiger partial charge in [0.2, 0.25) is 0 Å². The van der Waals surface area contributed by atoms with Gasteiger partial charge in [-0.25, -0.2) is 0 Å². The number of hydrogen-bond acceptors (Lipinski definition) is 6. The second kappa shape index (κ2) is 8.32. The number of nitrogens with zero attached hydrogens (tertiary/aromatic N) is 2. The van der Waals surface area contributed by atoms with Gasteiger partial charge >= 0.3 is 0 Å². The van der Waals surface area contributed by atoms with E-state index in [2.05, 4.69) is 10.2 Å². The molecule has 0 aliphatic carbocycles. The Morgan fingerprint density at radius 2 is 2.12 bits per heavy atom. The van der Waals surface area contributed by atoms with Crippen LogP contribution >= 0.6 is 0 Å². The number of rotatable bonds is 8. The lowest BCUT2D eigenvalue weighted by Crippen LogP contribution is -2.36. The van der Waals surface area contributed by atoms with Gasteiger partial charge in [-0.15, -0.1) is 0 Å². The number of aromatic amines is 1. The number of aliphatic hydroxyl groups excluding tert-OH is 2. The number of ether oxygens (including phenoxy) is 2. The molecule has 0 bridgehead atoms. The molecule has 0 aliphatic rings. The number of aliphatic hydroxyl groups is 2. The summed E-state index contributed by atoms with van der Waals surface area (Å²) >= 11 is 0. The second-order valence-corrected chi connectivity index (χ2v) is 5.27. The van der Waals surface area contributed by atoms with E-state index in [1.807, 2.05) is 12.1 Å². The van der Waals surface area contributed by atoms with Crippen LogP contribution in [0, 0.1) is 0 Å². The molecule has 0 unspecified atom stereocenters. The van der Waals surface area contributed by atoms with Crippen LogP contribution in [0.2, 0.25) is 0 Å². The van der Waals surface area contributed by atoms with Crippen molar-refractivity contribution in [3.8, 4) is 11.5 Å². The van der Waals surface area contributed by atoms with Crippen LogP contribution in [-0.2, 0) is 6.61 Å². The van der Waals surface area contributed by atoms with E-state index in [1.165, 1.54) is 11.9 Å². The highest BCUT2D eigenvalue weighted by Gasteiger charge is 2.18. The first-order chi connectivity index (χ1) is 11.5. The maximum Gasteiger partial charge on any atom is 0.274 e. The van der Waals surface area contributed by atoms with Gasteiger partial charge in [0.05, 0.1) is 25.5 Å². The third-order valence-corrected chi connectivity index (χ3v) is 3.33. The molecule has 0 aliphatic heterocycles. The first-order valence-corrected chi connectivity index (χ1v) is 7.39. The second-order valence-electron chi connectivity index (χ2n) is 5.27. The molecule has 8 nitrogen and oxygen atoms in total. The highest BCUT2D eigenvalue weighted by molar-refractivity contribution is 5.92. The van der Waals surface area contributed by atoms with Crippen LogP contribution in [0.3, 0.4) is 0 Å². The van der Waals surface area contributed by atoms with E-state index in [9.17, 15) is 9.90 Å². The molecule has 0 saturated carbocycles. The molecule has 1 atom stereocenters. The molecule has 0 spiro atoms. The zero-order chi connectivity index (χ0) is 17.5. The van der Waals surface area contributed by atoms with Crippen molar-refractivity contribution in [1.82, 2.24) is 15.1 Å². The predicted octanol–water partition coefficient (Wildman–Crippen LogP) is 0.422. The van der Waals surface area contributed by atoms with Crippen molar-refractivity contribution in [1.29, 1.82) is 0 Å². The molecule has 8 heteroatoms. The lowest BCUT2D eigenvalue weighted by atomic mass is 10.3. The van der Waals surface area contributed by atoms with Crippen molar-refractivity contribution in [2.45, 2.75) is 12.7 Å². The summed E-state index contributed by atoms with van der Waals surface area (Å²) in [5, 5.41) is 24.9. The van der Waals surface area contributed by atoms with Crippen LogP contribution in [0.25, 0.3) is 0 Å². The molecule has 1 heterocycles. The molecule has 0 fully saturated rings. The Kier molecular flexibility index (Phi) is 6.16. The number of hydrogen-bond donors (Lipinski definition) is 3. The number of amides is 1. The van der Waals surface area contributed by atoms with Crippen molar-refractivity contribution in [3.63, 3.8) is 0 Å². The number of nitrogens with one attached hydrogen (secondary N) is 1. The molecule has 0 saturated heterocycles. The Morgan fingerprint density at radius 3 is 2.83 bits per heavy atom. The van der Waals surface area contributed by atoms with Gasteiger partial charge < -0.3 is 24.6 Å². The molecule has 2 aromatic rings. The maximum absolute atomic E-state index is 12.2. The number of methoxy groups -OCH3 is 1. The lowest BCUT2D eigenvalue weighted by molar-refractivity contribution is 0.0516. The summed E-state index contributed by atoms with van der Waals surface area (Å²) < 4.78 is 10.7. The molecule has 3 N–H and O–H groups in total. The van der Waals surface area contributed by atoms with Crippen LogP contribution in [0.5, 0.6) is 11.5 Å². The minimum absolute atomic E-state index is 0.0256. The number of carbonyl (C=O) groups is 1. The fraction of sp³-hybridized carbons (Fsp3) is 0.375. The Hall–Kier alpha value is -2.58. The minimum atomic E-state index is -0.978. The lowest BCUT2D eigenvalue weighted by Gasteiger charge is -2.18. The monoisotopic (exact) mass is 335 g/mol. The number of benzene rings is 1. The third kappa shape index (κ3) is 4.71. The molecular weight excluding hydrogens is 314 g/mol. The quantitative estimate of drug-likeness (QED) is 0.645. The first-order valence-electron chi connectivity index (χ1n) is 7.39. The summed E-state index contributed by atoms with van der Waals surface area (Å²) in [5.41, 5.74) is 0.851. The van der Waals surface area contributed by atoms with Gasteiger partial charge in [-0.1, -0.05) is 6.07 Å². The highest BCUT2D eigenvalue weighted by Crippen LogP contribution is 2.19. The number of carbonyl (C=O) groups excluding carboxylic acids is 1. The van der Waals surface area contributed by atoms with Crippen molar-refractivity contribution >= 4 is 5.91 Å². The summed E-state index contributed by atoms with van der Waals surface area (Å²) in [7, 11) is 3.11. The third-order valence-electron chi connectivity index (χ3n) is 3.33. The van der Waals surface area contributed by atoms with Crippen LogP contribution in [0.15, 0.2) is 30.3 Å². The highest BCUT2D eigenvalue weighted by atomic mass is 16.5. The summed E-state index contributed by atoms with van der Waals surface area (Å²) in [4.78, 5) is 13.5. The summed E-state index contributed by atoms with van der Waals surface area (Å²) in [5.74, 6) is 0.975. The Morgan fingerprint density at radius 1 is 1.38 bits per heavy atom. The number of likely N-dealkylation sites (N-methyl/N-ethyl adjacent to an activating group) is 1. The van der Waals surface area contributed by atoms with Crippen molar-refractivity contribution in [2.75, 3.05) is 27.3 Å². The van der Waals surface area contributed by atoms with Crippen LogP contribution in [0.4, 0.5) is 0 Å². The van der Waals surface area contributed by atoms with E-state index in [0.717, 1.165) is 0 Å². The Balaban J connectivity index is 1.93. The largest absolute Gasteiger partial charge is 0.497 e. The van der Waals surface area contributed by atoms with E-state index in [4.69, 9.17) is 14.6 Å². The zero-order valence-electron chi connectivity index (χ0n) is 13.6. The van der Waals surface area contributed by atoms with Gasteiger partial charge in [0.15, 0.2) is 5.69 Å². The number of aromatic nitrogens is 2. The van der Waals surface area contributed by atoms with E-state index in [1.54, 1.807) is 25.3 Å². The van der Waals surface area contributed by atoms with Gasteiger partial charge in [-0.3, -0.25) is 9.89 Å². The maximum atomic E-state index is 12.2. The van der Waals surface area contributed by atoms with E-state index >= 15 is 0 Å². The Labute approximate surface area is 139 Å². The topological polar surface area (TPSA) is 108 Å². The van der Waals surface area contributed by atoms with E-state index in [0.29, 0.717) is 17.2 Å². The fourth-order valence-corrected chi connectivity index (χ4v) is 2.05. The van der Waals surface area contributed by atoms with E-state index < -0.39 is 12.7 Å². The number of H-pyrrole nitrogens is 1. The molecule has 130 valence electrons. The summed E-state index contributed by atoms with van der Waals surface area (Å²) in [6, 6.07) is 8.78.